The number of ether oxygens (including phenoxy) is 3. The number of rotatable bonds is 24. The van der Waals surface area contributed by atoms with Gasteiger partial charge in [0.05, 0.1) is 31.4 Å². The van der Waals surface area contributed by atoms with Crippen molar-refractivity contribution in [1.82, 2.24) is 24.7 Å². The molecule has 2 aromatic heterocycles. The van der Waals surface area contributed by atoms with Crippen molar-refractivity contribution in [2.75, 3.05) is 38.6 Å². The number of allylic oxidation sites excluding steroid dienone is 4. The van der Waals surface area contributed by atoms with Gasteiger partial charge in [0.1, 0.15) is 24.8 Å². The van der Waals surface area contributed by atoms with Crippen LogP contribution in [0.5, 0.6) is 0 Å². The van der Waals surface area contributed by atoms with E-state index in [1.165, 1.54) is 12.3 Å². The minimum absolute atomic E-state index is 0.0357. The van der Waals surface area contributed by atoms with Crippen LogP contribution in [-0.4, -0.2) is 98.1 Å². The molecule has 1 aliphatic rings. The fraction of sp³-hybridized carbons (Fsp3) is 0.405. The number of nitrogen functional groups attached to an aromatic ring is 1. The molecule has 0 aromatic carbocycles. The molecule has 1 fully saturated rings. The standard InChI is InChI=1S/C37H50BF2N6O16P3/c1-7-17-57-31-20-34(60-32(31)23-59-64(53,54)62-65(55,56)61-63(50,51)52)45-21-29(35(41)44-36(45)48)9-8-15-43-37(49)58-22-26(4)14-16-42-33(47)13-12-24(2)10-11-25(3)18-30-27(5)19-28(6)46(30)38(39)40/h7,10-11,18-19,21,31-32,34H,1-2,4,12-17,20,22-23H2,3,5-6H3,(H,42,47)(H,43,49)(H,53,54)(H,55,56)(H2,41,44,48)(H2,50,51,52)/b11-10-,25-18+/t31-,32-,34-/m1/s1. The zero-order valence-electron chi connectivity index (χ0n) is 35.5. The van der Waals surface area contributed by atoms with Crippen LogP contribution in [0.3, 0.4) is 0 Å². The molecule has 65 heavy (non-hydrogen) atoms. The van der Waals surface area contributed by atoms with Gasteiger partial charge in [0.25, 0.3) is 0 Å². The van der Waals surface area contributed by atoms with E-state index in [4.69, 9.17) is 29.7 Å². The zero-order chi connectivity index (χ0) is 48.7. The molecule has 0 radical (unpaired) electrons. The Morgan fingerprint density at radius 3 is 2.46 bits per heavy atom. The Bertz CT molecular complexity index is 2430. The number of carbonyl (C=O) groups excluding carboxylic acids is 2. The number of nitrogens with two attached hydrogens (primary N) is 1. The van der Waals surface area contributed by atoms with Crippen LogP contribution in [0, 0.1) is 25.7 Å². The summed E-state index contributed by atoms with van der Waals surface area (Å²) in [5, 5.41) is 5.17. The number of carbonyl (C=O) groups is 2. The lowest BCUT2D eigenvalue weighted by molar-refractivity contribution is -0.121. The molecular weight excluding hydrogens is 926 g/mol. The van der Waals surface area contributed by atoms with Crippen LogP contribution in [0.1, 0.15) is 61.3 Å². The largest absolute Gasteiger partial charge is 0.677 e. The number of aromatic nitrogens is 3. The number of nitrogens with zero attached hydrogens (tertiary/aromatic N) is 3. The fourth-order valence-electron chi connectivity index (χ4n) is 5.81. The molecule has 8 N–H and O–H groups in total. The number of nitrogens with one attached hydrogen (secondary N) is 2. The topological polar surface area (TPSA) is 312 Å². The predicted molar refractivity (Wildman–Crippen MR) is 233 cm³/mol. The number of phosphoric ester groups is 1. The van der Waals surface area contributed by atoms with E-state index < -0.39 is 67.7 Å². The maximum atomic E-state index is 13.5. The van der Waals surface area contributed by atoms with Crippen LogP contribution in [0.25, 0.3) is 6.08 Å². The highest BCUT2D eigenvalue weighted by Gasteiger charge is 2.43. The van der Waals surface area contributed by atoms with Crippen molar-refractivity contribution < 1.29 is 78.8 Å². The summed E-state index contributed by atoms with van der Waals surface area (Å²) in [5.41, 5.74) is 8.55. The lowest BCUT2D eigenvalue weighted by Crippen LogP contribution is -2.30. The number of hydrogen-bond donors (Lipinski definition) is 7. The lowest BCUT2D eigenvalue weighted by atomic mass is 10.1. The van der Waals surface area contributed by atoms with Gasteiger partial charge >= 0.3 is 42.7 Å². The second-order valence-corrected chi connectivity index (χ2v) is 18.5. The SMILES string of the molecule is C=CCO[C@@H]1C[C@H](n2cc(C#CCNC(=O)OCC(=C)CCNC(=O)CCC(=C)/C=C\C(C)=C\c3c(C)cc(C)n3B(F)F)c(N)nc2=O)O[C@@H]1COP(=O)(O)OP(=O)(O)OP(=O)(O)O. The Morgan fingerprint density at radius 1 is 1.09 bits per heavy atom. The maximum absolute atomic E-state index is 13.5. The third kappa shape index (κ3) is 18.9. The molecule has 356 valence electrons. The normalized spacial score (nSPS) is 18.2. The van der Waals surface area contributed by atoms with Crippen molar-refractivity contribution in [3.63, 3.8) is 0 Å². The van der Waals surface area contributed by atoms with Gasteiger partial charge in [-0.25, -0.2) is 23.3 Å². The van der Waals surface area contributed by atoms with Gasteiger partial charge in [-0.05, 0) is 62.5 Å². The second kappa shape index (κ2) is 24.7. The molecule has 3 rings (SSSR count). The second-order valence-electron chi connectivity index (χ2n) is 14.1. The van der Waals surface area contributed by atoms with Crippen LogP contribution in [-0.2, 0) is 45.8 Å². The van der Waals surface area contributed by atoms with Crippen LogP contribution in [0.15, 0.2) is 71.7 Å². The Hall–Kier alpha value is -4.79. The summed E-state index contributed by atoms with van der Waals surface area (Å²) >= 11 is 0. The molecular formula is C37H50BF2N6O16P3. The van der Waals surface area contributed by atoms with E-state index in [1.54, 1.807) is 45.1 Å². The Kier molecular flexibility index (Phi) is 20.7. The average molecular weight is 977 g/mol. The van der Waals surface area contributed by atoms with Gasteiger partial charge in [-0.2, -0.15) is 13.6 Å². The highest BCUT2D eigenvalue weighted by Crippen LogP contribution is 2.66. The molecule has 5 atom stereocenters. The average Bonchev–Trinajstić information content (AvgIpc) is 3.72. The van der Waals surface area contributed by atoms with Crippen LogP contribution in [0.2, 0.25) is 0 Å². The Morgan fingerprint density at radius 2 is 1.80 bits per heavy atom. The Labute approximate surface area is 372 Å². The molecule has 0 bridgehead atoms. The third-order valence-corrected chi connectivity index (χ3v) is 12.6. The highest BCUT2D eigenvalue weighted by atomic mass is 31.3. The van der Waals surface area contributed by atoms with Gasteiger partial charge < -0.3 is 54.6 Å². The van der Waals surface area contributed by atoms with Gasteiger partial charge in [0.2, 0.25) is 5.91 Å². The van der Waals surface area contributed by atoms with Gasteiger partial charge in [-0.3, -0.25) is 22.5 Å². The van der Waals surface area contributed by atoms with Crippen molar-refractivity contribution in [2.24, 2.45) is 0 Å². The van der Waals surface area contributed by atoms with Gasteiger partial charge in [0.15, 0.2) is 0 Å². The lowest BCUT2D eigenvalue weighted by Gasteiger charge is -2.21. The summed E-state index contributed by atoms with van der Waals surface area (Å²) < 4.78 is 92.4. The quantitative estimate of drug-likeness (QED) is 0.0253. The first kappa shape index (κ1) is 54.5. The van der Waals surface area contributed by atoms with E-state index in [9.17, 15) is 46.5 Å². The first-order valence-corrected chi connectivity index (χ1v) is 23.7. The van der Waals surface area contributed by atoms with Crippen LogP contribution >= 0.6 is 23.5 Å². The van der Waals surface area contributed by atoms with Crippen molar-refractivity contribution in [3.8, 4) is 11.8 Å². The predicted octanol–water partition coefficient (Wildman–Crippen LogP) is 4.35. The number of halogens is 2. The Balaban J connectivity index is 1.44. The van der Waals surface area contributed by atoms with Gasteiger partial charge in [-0.15, -0.1) is 6.58 Å². The summed E-state index contributed by atoms with van der Waals surface area (Å²) in [6.07, 6.45) is 4.29. The van der Waals surface area contributed by atoms with Crippen molar-refractivity contribution in [3.05, 3.63) is 99.9 Å². The molecule has 2 amide bonds. The van der Waals surface area contributed by atoms with Crippen molar-refractivity contribution >= 4 is 54.8 Å². The van der Waals surface area contributed by atoms with E-state index in [2.05, 4.69) is 60.3 Å². The summed E-state index contributed by atoms with van der Waals surface area (Å²) in [6.45, 7) is 15.4. The molecule has 1 saturated heterocycles. The molecule has 0 spiro atoms. The summed E-state index contributed by atoms with van der Waals surface area (Å²) in [5.74, 6) is 4.79. The molecule has 2 unspecified atom stereocenters. The third-order valence-electron chi connectivity index (χ3n) is 8.75. The van der Waals surface area contributed by atoms with E-state index in [1.807, 2.05) is 0 Å². The number of phosphoric acid groups is 3. The molecule has 28 heteroatoms. The number of alkyl carbamates (subject to hydrolysis) is 1. The highest BCUT2D eigenvalue weighted by molar-refractivity contribution is 7.66. The number of anilines is 1. The maximum Gasteiger partial charge on any atom is 0.677 e. The zero-order valence-corrected chi connectivity index (χ0v) is 38.1. The smallest absolute Gasteiger partial charge is 0.445 e. The molecule has 0 aliphatic carbocycles. The van der Waals surface area contributed by atoms with E-state index >= 15 is 0 Å². The summed E-state index contributed by atoms with van der Waals surface area (Å²) in [6, 6.07) is 1.69. The first-order valence-electron chi connectivity index (χ1n) is 19.2. The van der Waals surface area contributed by atoms with Crippen LogP contribution < -0.4 is 22.1 Å². The van der Waals surface area contributed by atoms with Crippen molar-refractivity contribution in [1.29, 1.82) is 0 Å². The van der Waals surface area contributed by atoms with Crippen molar-refractivity contribution in [2.45, 2.75) is 64.9 Å². The van der Waals surface area contributed by atoms with Crippen LogP contribution in [0.4, 0.5) is 19.2 Å². The molecule has 22 nitrogen and oxygen atoms in total. The molecule has 2 aromatic rings. The summed E-state index contributed by atoms with van der Waals surface area (Å²) in [4.78, 5) is 77.9. The molecule has 1 aliphatic heterocycles. The first-order chi connectivity index (χ1) is 30.3. The number of hydrogen-bond acceptors (Lipinski definition) is 14. The number of aryl methyl sites for hydroxylation is 2. The van der Waals surface area contributed by atoms with Gasteiger partial charge in [0, 0.05) is 37.0 Å². The van der Waals surface area contributed by atoms with E-state index in [0.29, 0.717) is 35.4 Å². The minimum Gasteiger partial charge on any atom is -0.445 e. The molecule has 0 saturated carbocycles. The van der Waals surface area contributed by atoms with E-state index in [0.717, 1.165) is 20.2 Å². The summed E-state index contributed by atoms with van der Waals surface area (Å²) in [7, 11) is -19.6. The monoisotopic (exact) mass is 976 g/mol. The van der Waals surface area contributed by atoms with E-state index in [-0.39, 0.29) is 56.4 Å². The fourth-order valence-corrected chi connectivity index (χ4v) is 8.84. The number of amides is 2. The minimum atomic E-state index is -5.78. The molecule has 3 heterocycles. The van der Waals surface area contributed by atoms with Gasteiger partial charge in [-0.1, -0.05) is 48.8 Å².